The molecule has 1 heterocycles. The fraction of sp³-hybridized carbons (Fsp3) is 0.357. The van der Waals surface area contributed by atoms with E-state index in [4.69, 9.17) is 4.74 Å². The summed E-state index contributed by atoms with van der Waals surface area (Å²) in [6.45, 7) is 1.31. The number of amides is 1. The van der Waals surface area contributed by atoms with Crippen LogP contribution in [0, 0.1) is 0 Å². The molecule has 0 aliphatic carbocycles. The second-order valence-electron chi connectivity index (χ2n) is 4.62. The molecule has 2 aromatic rings. The first kappa shape index (κ1) is 15.9. The van der Waals surface area contributed by atoms with Gasteiger partial charge in [-0.25, -0.2) is 18.4 Å². The molecule has 1 aromatic carbocycles. The molecule has 22 heavy (non-hydrogen) atoms. The van der Waals surface area contributed by atoms with Gasteiger partial charge < -0.3 is 10.1 Å². The Bertz CT molecular complexity index is 605. The summed E-state index contributed by atoms with van der Waals surface area (Å²) in [6.07, 6.45) is 0.295. The molecule has 6 nitrogen and oxygen atoms in total. The van der Waals surface area contributed by atoms with E-state index in [0.717, 1.165) is 5.56 Å². The fourth-order valence-corrected chi connectivity index (χ4v) is 1.78. The second-order valence-corrected chi connectivity index (χ2v) is 4.62. The number of hydrogen-bond donors (Lipinski definition) is 1. The highest BCUT2D eigenvalue weighted by molar-refractivity contribution is 5.79. The van der Waals surface area contributed by atoms with Crippen LogP contribution >= 0.6 is 0 Å². The summed E-state index contributed by atoms with van der Waals surface area (Å²) >= 11 is 0. The van der Waals surface area contributed by atoms with Gasteiger partial charge in [0.25, 0.3) is 6.43 Å². The molecule has 0 radical (unpaired) electrons. The molecule has 1 aromatic heterocycles. The summed E-state index contributed by atoms with van der Waals surface area (Å²) < 4.78 is 30.6. The number of ether oxygens (including phenoxy) is 1. The Kier molecular flexibility index (Phi) is 5.40. The molecule has 1 atom stereocenters. The van der Waals surface area contributed by atoms with Crippen molar-refractivity contribution in [2.24, 2.45) is 0 Å². The number of nitrogens with one attached hydrogen (secondary N) is 1. The lowest BCUT2D eigenvalue weighted by Gasteiger charge is -2.12. The molecule has 1 unspecified atom stereocenters. The zero-order valence-electron chi connectivity index (χ0n) is 11.9. The van der Waals surface area contributed by atoms with Crippen molar-refractivity contribution >= 4 is 5.91 Å². The van der Waals surface area contributed by atoms with E-state index in [1.807, 2.05) is 0 Å². The van der Waals surface area contributed by atoms with Gasteiger partial charge in [0.05, 0.1) is 0 Å². The van der Waals surface area contributed by atoms with Crippen molar-refractivity contribution in [1.29, 1.82) is 0 Å². The highest BCUT2D eigenvalue weighted by Gasteiger charge is 2.14. The number of carbonyl (C=O) groups is 1. The molecular formula is C14H16F2N4O2. The predicted molar refractivity (Wildman–Crippen MR) is 74.5 cm³/mol. The number of nitrogens with zero attached hydrogens (tertiary/aromatic N) is 3. The molecular weight excluding hydrogens is 294 g/mol. The Hall–Kier alpha value is -2.51. The molecule has 0 saturated heterocycles. The van der Waals surface area contributed by atoms with Crippen molar-refractivity contribution < 1.29 is 18.3 Å². The summed E-state index contributed by atoms with van der Waals surface area (Å²) in [7, 11) is 0. The first-order valence-corrected chi connectivity index (χ1v) is 6.68. The van der Waals surface area contributed by atoms with Gasteiger partial charge in [-0.2, -0.15) is 5.10 Å². The van der Waals surface area contributed by atoms with E-state index >= 15 is 0 Å². The lowest BCUT2D eigenvalue weighted by molar-refractivity contribution is -0.124. The van der Waals surface area contributed by atoms with Crippen LogP contribution in [0.15, 0.2) is 36.9 Å². The van der Waals surface area contributed by atoms with E-state index in [9.17, 15) is 13.6 Å². The van der Waals surface area contributed by atoms with Crippen LogP contribution in [0.4, 0.5) is 8.78 Å². The normalized spacial score (nSPS) is 12.2. The second kappa shape index (κ2) is 7.48. The molecule has 0 aliphatic rings. The van der Waals surface area contributed by atoms with Crippen LogP contribution in [0.3, 0.4) is 0 Å². The van der Waals surface area contributed by atoms with Crippen molar-refractivity contribution in [2.75, 3.05) is 6.61 Å². The summed E-state index contributed by atoms with van der Waals surface area (Å²) in [5.41, 5.74) is 0.755. The highest BCUT2D eigenvalue weighted by atomic mass is 19.3. The number of halogens is 2. The number of alkyl halides is 2. The quantitative estimate of drug-likeness (QED) is 0.846. The van der Waals surface area contributed by atoms with E-state index in [1.165, 1.54) is 17.3 Å². The maximum absolute atomic E-state index is 12.1. The monoisotopic (exact) mass is 310 g/mol. The Balaban J connectivity index is 1.88. The lowest BCUT2D eigenvalue weighted by Crippen LogP contribution is -2.30. The van der Waals surface area contributed by atoms with Crippen molar-refractivity contribution in [3.63, 3.8) is 0 Å². The van der Waals surface area contributed by atoms with E-state index < -0.39 is 19.1 Å². The number of aromatic nitrogens is 3. The number of benzene rings is 1. The highest BCUT2D eigenvalue weighted by Crippen LogP contribution is 2.14. The largest absolute Gasteiger partial charge is 0.488 e. The van der Waals surface area contributed by atoms with Gasteiger partial charge in [0, 0.05) is 6.54 Å². The Morgan fingerprint density at radius 2 is 2.27 bits per heavy atom. The Labute approximate surface area is 126 Å². The van der Waals surface area contributed by atoms with Crippen molar-refractivity contribution in [2.45, 2.75) is 25.9 Å². The average Bonchev–Trinajstić information content (AvgIpc) is 3.04. The van der Waals surface area contributed by atoms with Gasteiger partial charge in [-0.1, -0.05) is 12.1 Å². The zero-order valence-corrected chi connectivity index (χ0v) is 11.9. The van der Waals surface area contributed by atoms with Crippen LogP contribution in [0.1, 0.15) is 18.5 Å². The van der Waals surface area contributed by atoms with Gasteiger partial charge in [0.1, 0.15) is 31.1 Å². The van der Waals surface area contributed by atoms with Crippen molar-refractivity contribution in [1.82, 2.24) is 20.1 Å². The molecule has 0 spiro atoms. The summed E-state index contributed by atoms with van der Waals surface area (Å²) in [5.74, 6) is 0.126. The van der Waals surface area contributed by atoms with Gasteiger partial charge in [0.15, 0.2) is 0 Å². The molecule has 0 fully saturated rings. The van der Waals surface area contributed by atoms with Crippen LogP contribution in [0.5, 0.6) is 5.75 Å². The SMILES string of the molecule is CC(C(=O)NCc1cccc(OCC(F)F)c1)n1cncn1. The van der Waals surface area contributed by atoms with Crippen LogP contribution in [0.25, 0.3) is 0 Å². The van der Waals surface area contributed by atoms with E-state index in [-0.39, 0.29) is 12.5 Å². The van der Waals surface area contributed by atoms with Crippen LogP contribution in [-0.2, 0) is 11.3 Å². The number of carbonyl (C=O) groups excluding carboxylic acids is 1. The number of hydrogen-bond acceptors (Lipinski definition) is 4. The van der Waals surface area contributed by atoms with Gasteiger partial charge in [0.2, 0.25) is 5.91 Å². The topological polar surface area (TPSA) is 69.0 Å². The zero-order chi connectivity index (χ0) is 15.9. The molecule has 0 bridgehead atoms. The molecule has 1 amide bonds. The Morgan fingerprint density at radius 1 is 1.45 bits per heavy atom. The minimum absolute atomic E-state index is 0.218. The van der Waals surface area contributed by atoms with E-state index in [2.05, 4.69) is 15.4 Å². The van der Waals surface area contributed by atoms with Crippen LogP contribution < -0.4 is 10.1 Å². The third-order valence-electron chi connectivity index (χ3n) is 2.95. The first-order chi connectivity index (χ1) is 10.6. The maximum atomic E-state index is 12.1. The molecule has 1 N–H and O–H groups in total. The Morgan fingerprint density at radius 3 is 2.95 bits per heavy atom. The van der Waals surface area contributed by atoms with E-state index in [0.29, 0.717) is 5.75 Å². The fourth-order valence-electron chi connectivity index (χ4n) is 1.78. The summed E-state index contributed by atoms with van der Waals surface area (Å²) in [5, 5.41) is 6.65. The minimum Gasteiger partial charge on any atom is -0.488 e. The summed E-state index contributed by atoms with van der Waals surface area (Å²) in [6, 6.07) is 6.17. The maximum Gasteiger partial charge on any atom is 0.272 e. The van der Waals surface area contributed by atoms with Gasteiger partial charge in [-0.15, -0.1) is 0 Å². The van der Waals surface area contributed by atoms with Gasteiger partial charge >= 0.3 is 0 Å². The summed E-state index contributed by atoms with van der Waals surface area (Å²) in [4.78, 5) is 15.8. The van der Waals surface area contributed by atoms with Crippen molar-refractivity contribution in [3.8, 4) is 5.75 Å². The number of rotatable bonds is 7. The van der Waals surface area contributed by atoms with E-state index in [1.54, 1.807) is 31.2 Å². The third kappa shape index (κ3) is 4.51. The van der Waals surface area contributed by atoms with Crippen molar-refractivity contribution in [3.05, 3.63) is 42.5 Å². The van der Waals surface area contributed by atoms with Gasteiger partial charge in [-0.05, 0) is 24.6 Å². The third-order valence-corrected chi connectivity index (χ3v) is 2.95. The average molecular weight is 310 g/mol. The molecule has 8 heteroatoms. The molecule has 0 aliphatic heterocycles. The predicted octanol–water partition coefficient (Wildman–Crippen LogP) is 1.80. The molecule has 118 valence electrons. The molecule has 0 saturated carbocycles. The smallest absolute Gasteiger partial charge is 0.272 e. The lowest BCUT2D eigenvalue weighted by atomic mass is 10.2. The minimum atomic E-state index is -2.52. The first-order valence-electron chi connectivity index (χ1n) is 6.68. The molecule has 2 rings (SSSR count). The van der Waals surface area contributed by atoms with Crippen LogP contribution in [0.2, 0.25) is 0 Å². The van der Waals surface area contributed by atoms with Gasteiger partial charge in [-0.3, -0.25) is 4.79 Å². The standard InChI is InChI=1S/C14H16F2N4O2/c1-10(20-9-17-8-19-20)14(21)18-6-11-3-2-4-12(5-11)22-7-13(15)16/h2-5,8-10,13H,6-7H2,1H3,(H,18,21). The van der Waals surface area contributed by atoms with Crippen LogP contribution in [-0.4, -0.2) is 33.7 Å².